The molecule has 3 heterocycles. The number of sulfonamides is 1. The number of hydrogen-bond donors (Lipinski definition) is 1. The number of pyridine rings is 1. The molecule has 0 bridgehead atoms. The molecule has 136 valence electrons. The lowest BCUT2D eigenvalue weighted by Crippen LogP contribution is -2.49. The molecule has 25 heavy (non-hydrogen) atoms. The van der Waals surface area contributed by atoms with E-state index in [2.05, 4.69) is 16.9 Å². The van der Waals surface area contributed by atoms with Crippen molar-refractivity contribution in [3.05, 3.63) is 42.7 Å². The van der Waals surface area contributed by atoms with Gasteiger partial charge in [-0.1, -0.05) is 12.1 Å². The maximum absolute atomic E-state index is 13.4. The molecule has 0 saturated carbocycles. The van der Waals surface area contributed by atoms with Gasteiger partial charge in [0.25, 0.3) is 0 Å². The van der Waals surface area contributed by atoms with Crippen molar-refractivity contribution in [2.24, 2.45) is 11.3 Å². The van der Waals surface area contributed by atoms with Gasteiger partial charge in [0.1, 0.15) is 0 Å². The van der Waals surface area contributed by atoms with E-state index in [0.29, 0.717) is 32.7 Å². The molecule has 1 aromatic heterocycles. The van der Waals surface area contributed by atoms with E-state index >= 15 is 0 Å². The Kier molecular flexibility index (Phi) is 4.95. The Bertz CT molecular complexity index is 752. The topological polar surface area (TPSA) is 82.6 Å². The van der Waals surface area contributed by atoms with Crippen molar-refractivity contribution in [3.8, 4) is 0 Å². The molecule has 1 amide bonds. The molecule has 0 unspecified atom stereocenters. The van der Waals surface area contributed by atoms with Crippen molar-refractivity contribution in [3.63, 3.8) is 0 Å². The first-order valence-corrected chi connectivity index (χ1v) is 10.2. The molecule has 3 rings (SSSR count). The first-order valence-electron chi connectivity index (χ1n) is 8.32. The Morgan fingerprint density at radius 3 is 3.04 bits per heavy atom. The van der Waals surface area contributed by atoms with Crippen molar-refractivity contribution in [2.75, 3.05) is 39.0 Å². The van der Waals surface area contributed by atoms with Gasteiger partial charge in [0.2, 0.25) is 15.9 Å². The third-order valence-corrected chi connectivity index (χ3v) is 6.34. The maximum atomic E-state index is 13.4. The van der Waals surface area contributed by atoms with E-state index in [9.17, 15) is 13.2 Å². The molecular formula is C17H24N4O3S. The van der Waals surface area contributed by atoms with Crippen LogP contribution >= 0.6 is 0 Å². The summed E-state index contributed by atoms with van der Waals surface area (Å²) in [6.45, 7) is 6.41. The second-order valence-corrected chi connectivity index (χ2v) is 8.86. The Morgan fingerprint density at radius 2 is 2.40 bits per heavy atom. The molecule has 1 aromatic rings. The van der Waals surface area contributed by atoms with Crippen LogP contribution in [0.25, 0.3) is 0 Å². The number of nitrogens with one attached hydrogen (secondary N) is 1. The molecule has 0 aromatic carbocycles. The molecule has 2 aliphatic heterocycles. The third kappa shape index (κ3) is 3.47. The van der Waals surface area contributed by atoms with E-state index in [4.69, 9.17) is 0 Å². The summed E-state index contributed by atoms with van der Waals surface area (Å²) in [6.07, 6.45) is 6.34. The minimum absolute atomic E-state index is 0.00376. The zero-order chi connectivity index (χ0) is 18.1. The normalized spacial score (nSPS) is 26.4. The predicted molar refractivity (Wildman–Crippen MR) is 95.1 cm³/mol. The van der Waals surface area contributed by atoms with E-state index < -0.39 is 15.4 Å². The van der Waals surface area contributed by atoms with Gasteiger partial charge in [0, 0.05) is 57.6 Å². The van der Waals surface area contributed by atoms with Gasteiger partial charge in [-0.05, 0) is 11.6 Å². The standard InChI is InChI=1S/C17H24N4O3S/c1-3-7-20(10-14-5-4-6-18-8-14)16(22)17-12-19-9-15(17)11-21(13-17)25(2,23)24/h3-6,8,15,19H,1,7,9-13H2,2H3/t15-,17-/m1/s1. The van der Waals surface area contributed by atoms with Crippen molar-refractivity contribution in [2.45, 2.75) is 6.54 Å². The van der Waals surface area contributed by atoms with Gasteiger partial charge in [-0.25, -0.2) is 12.7 Å². The van der Waals surface area contributed by atoms with E-state index in [0.717, 1.165) is 5.56 Å². The fraction of sp³-hybridized carbons (Fsp3) is 0.529. The highest BCUT2D eigenvalue weighted by molar-refractivity contribution is 7.88. The van der Waals surface area contributed by atoms with Gasteiger partial charge in [0.15, 0.2) is 0 Å². The van der Waals surface area contributed by atoms with Crippen molar-refractivity contribution < 1.29 is 13.2 Å². The average Bonchev–Trinajstić information content (AvgIpc) is 3.12. The molecule has 0 aliphatic carbocycles. The summed E-state index contributed by atoms with van der Waals surface area (Å²) in [5, 5.41) is 3.27. The molecule has 1 N–H and O–H groups in total. The summed E-state index contributed by atoms with van der Waals surface area (Å²) in [7, 11) is -3.31. The number of amides is 1. The maximum Gasteiger partial charge on any atom is 0.232 e. The molecule has 2 saturated heterocycles. The van der Waals surface area contributed by atoms with Gasteiger partial charge in [-0.15, -0.1) is 6.58 Å². The van der Waals surface area contributed by atoms with Gasteiger partial charge >= 0.3 is 0 Å². The average molecular weight is 364 g/mol. The number of carbonyl (C=O) groups is 1. The summed E-state index contributed by atoms with van der Waals surface area (Å²) < 4.78 is 25.4. The molecule has 2 aliphatic rings. The predicted octanol–water partition coefficient (Wildman–Crippen LogP) is 0.0772. The quantitative estimate of drug-likeness (QED) is 0.723. The zero-order valence-electron chi connectivity index (χ0n) is 14.4. The van der Waals surface area contributed by atoms with Crippen LogP contribution in [0.3, 0.4) is 0 Å². The Labute approximate surface area is 148 Å². The first-order chi connectivity index (χ1) is 11.9. The van der Waals surface area contributed by atoms with E-state index in [1.54, 1.807) is 23.4 Å². The van der Waals surface area contributed by atoms with Crippen LogP contribution in [0.5, 0.6) is 0 Å². The van der Waals surface area contributed by atoms with Crippen LogP contribution in [0, 0.1) is 11.3 Å². The van der Waals surface area contributed by atoms with Crippen LogP contribution in [-0.4, -0.2) is 67.5 Å². The molecule has 7 nitrogen and oxygen atoms in total. The highest BCUT2D eigenvalue weighted by Gasteiger charge is 2.57. The lowest BCUT2D eigenvalue weighted by Gasteiger charge is -2.33. The molecule has 0 spiro atoms. The van der Waals surface area contributed by atoms with Gasteiger partial charge < -0.3 is 10.2 Å². The fourth-order valence-corrected chi connectivity index (χ4v) is 4.75. The lowest BCUT2D eigenvalue weighted by atomic mass is 9.79. The third-order valence-electron chi connectivity index (χ3n) is 5.12. The van der Waals surface area contributed by atoms with E-state index in [-0.39, 0.29) is 18.4 Å². The summed E-state index contributed by atoms with van der Waals surface area (Å²) in [5.74, 6) is -0.0201. The van der Waals surface area contributed by atoms with Gasteiger partial charge in [-0.3, -0.25) is 9.78 Å². The Balaban J connectivity index is 1.86. The van der Waals surface area contributed by atoms with Crippen LogP contribution in [0.2, 0.25) is 0 Å². The highest BCUT2D eigenvalue weighted by Crippen LogP contribution is 2.41. The Morgan fingerprint density at radius 1 is 1.60 bits per heavy atom. The number of nitrogens with zero attached hydrogens (tertiary/aromatic N) is 3. The summed E-state index contributed by atoms with van der Waals surface area (Å²) in [4.78, 5) is 19.3. The number of hydrogen-bond acceptors (Lipinski definition) is 5. The van der Waals surface area contributed by atoms with Crippen molar-refractivity contribution >= 4 is 15.9 Å². The van der Waals surface area contributed by atoms with Crippen LogP contribution in [0.4, 0.5) is 0 Å². The van der Waals surface area contributed by atoms with E-state index in [1.165, 1.54) is 10.6 Å². The molecule has 2 fully saturated rings. The number of rotatable bonds is 6. The summed E-state index contributed by atoms with van der Waals surface area (Å²) >= 11 is 0. The smallest absolute Gasteiger partial charge is 0.232 e. The summed E-state index contributed by atoms with van der Waals surface area (Å²) in [6, 6.07) is 3.76. The summed E-state index contributed by atoms with van der Waals surface area (Å²) in [5.41, 5.74) is 0.239. The van der Waals surface area contributed by atoms with Crippen LogP contribution in [-0.2, 0) is 21.4 Å². The second kappa shape index (κ2) is 6.86. The van der Waals surface area contributed by atoms with Crippen LogP contribution in [0.1, 0.15) is 5.56 Å². The molecule has 2 atom stereocenters. The van der Waals surface area contributed by atoms with Crippen LogP contribution in [0.15, 0.2) is 37.2 Å². The van der Waals surface area contributed by atoms with Crippen LogP contribution < -0.4 is 5.32 Å². The molecule has 0 radical (unpaired) electrons. The van der Waals surface area contributed by atoms with E-state index in [1.807, 2.05) is 12.1 Å². The Hall–Kier alpha value is -1.77. The van der Waals surface area contributed by atoms with Crippen molar-refractivity contribution in [1.82, 2.24) is 19.5 Å². The number of fused-ring (bicyclic) bond motifs is 1. The number of aromatic nitrogens is 1. The SMILES string of the molecule is C=CCN(Cc1cccnc1)C(=O)[C@@]12CNC[C@@H]1CN(S(C)(=O)=O)C2. The molecule has 8 heteroatoms. The van der Waals surface area contributed by atoms with Crippen molar-refractivity contribution in [1.29, 1.82) is 0 Å². The van der Waals surface area contributed by atoms with Gasteiger partial charge in [-0.2, -0.15) is 0 Å². The zero-order valence-corrected chi connectivity index (χ0v) is 15.2. The second-order valence-electron chi connectivity index (χ2n) is 6.88. The highest BCUT2D eigenvalue weighted by atomic mass is 32.2. The number of carbonyl (C=O) groups excluding carboxylic acids is 1. The molecular weight excluding hydrogens is 340 g/mol. The fourth-order valence-electron chi connectivity index (χ4n) is 3.83. The largest absolute Gasteiger partial charge is 0.334 e. The lowest BCUT2D eigenvalue weighted by molar-refractivity contribution is -0.141. The first kappa shape index (κ1) is 18.0. The minimum atomic E-state index is -3.31. The minimum Gasteiger partial charge on any atom is -0.334 e. The van der Waals surface area contributed by atoms with Gasteiger partial charge in [0.05, 0.1) is 11.7 Å². The monoisotopic (exact) mass is 364 g/mol.